The second kappa shape index (κ2) is 3.48. The molecule has 0 aromatic rings. The van der Waals surface area contributed by atoms with Crippen LogP contribution in [-0.2, 0) is 0 Å². The van der Waals surface area contributed by atoms with E-state index in [1.54, 1.807) is 0 Å². The molecular weight excluding hydrogens is 120 g/mol. The maximum absolute atomic E-state index is 7.95. The number of nitrogens with two attached hydrogens (primary N) is 2. The third-order valence-corrected chi connectivity index (χ3v) is 0.549. The van der Waals surface area contributed by atoms with Crippen molar-refractivity contribution >= 4 is 11.7 Å². The number of amidine groups is 2. The van der Waals surface area contributed by atoms with Crippen LogP contribution in [0.5, 0.6) is 0 Å². The van der Waals surface area contributed by atoms with Gasteiger partial charge in [0, 0.05) is 0 Å². The Labute approximate surface area is 52.2 Å². The van der Waals surface area contributed by atoms with Gasteiger partial charge in [0.1, 0.15) is 5.84 Å². The maximum Gasteiger partial charge on any atom is 0.162 e. The lowest BCUT2D eigenvalue weighted by Crippen LogP contribution is -2.10. The Bertz CT molecular complexity index is 160. The van der Waals surface area contributed by atoms with Crippen molar-refractivity contribution in [2.75, 3.05) is 0 Å². The fourth-order valence-corrected chi connectivity index (χ4v) is 0.208. The first-order chi connectivity index (χ1) is 4.16. The molecule has 0 atom stereocenters. The molecule has 5 nitrogen and oxygen atoms in total. The van der Waals surface area contributed by atoms with Gasteiger partial charge in [-0.1, -0.05) is 5.16 Å². The van der Waals surface area contributed by atoms with E-state index in [4.69, 9.17) is 22.1 Å². The molecular formula is C4H8N4O. The molecule has 0 fully saturated rings. The monoisotopic (exact) mass is 128 g/mol. The van der Waals surface area contributed by atoms with Crippen LogP contribution in [0.15, 0.2) is 17.3 Å². The highest BCUT2D eigenvalue weighted by atomic mass is 16.4. The fraction of sp³-hybridized carbons (Fsp3) is 0. The average Bonchev–Trinajstić information content (AvgIpc) is 1.83. The summed E-state index contributed by atoms with van der Waals surface area (Å²) in [6.07, 6.45) is 2.44. The molecule has 0 rings (SSSR count). The Hall–Kier alpha value is -1.52. The van der Waals surface area contributed by atoms with Gasteiger partial charge in [0.25, 0.3) is 0 Å². The number of nitrogens with zero attached hydrogens (tertiary/aromatic N) is 1. The van der Waals surface area contributed by atoms with Gasteiger partial charge in [-0.25, -0.2) is 0 Å². The molecule has 0 radical (unpaired) electrons. The first-order valence-corrected chi connectivity index (χ1v) is 2.16. The van der Waals surface area contributed by atoms with Crippen LogP contribution < -0.4 is 11.5 Å². The van der Waals surface area contributed by atoms with Crippen molar-refractivity contribution in [3.05, 3.63) is 12.2 Å². The lowest BCUT2D eigenvalue weighted by Gasteiger charge is -1.84. The number of hydrogen-bond acceptors (Lipinski definition) is 3. The maximum atomic E-state index is 7.95. The summed E-state index contributed by atoms with van der Waals surface area (Å²) >= 11 is 0. The van der Waals surface area contributed by atoms with E-state index in [9.17, 15) is 0 Å². The number of nitrogens with one attached hydrogen (secondary N) is 1. The smallest absolute Gasteiger partial charge is 0.162 e. The minimum absolute atomic E-state index is 0.0785. The summed E-state index contributed by atoms with van der Waals surface area (Å²) in [5.74, 6) is -0.216. The molecule has 6 N–H and O–H groups in total. The molecule has 0 aliphatic heterocycles. The van der Waals surface area contributed by atoms with E-state index in [1.807, 2.05) is 0 Å². The Morgan fingerprint density at radius 1 is 1.44 bits per heavy atom. The molecule has 9 heavy (non-hydrogen) atoms. The molecule has 0 aromatic heterocycles. The molecule has 0 unspecified atom stereocenters. The molecule has 0 spiro atoms. The molecule has 0 bridgehead atoms. The van der Waals surface area contributed by atoms with E-state index in [1.165, 1.54) is 12.2 Å². The minimum Gasteiger partial charge on any atom is -0.409 e. The molecule has 0 heterocycles. The first kappa shape index (κ1) is 7.48. The van der Waals surface area contributed by atoms with Gasteiger partial charge in [-0.15, -0.1) is 0 Å². The van der Waals surface area contributed by atoms with Gasteiger partial charge in [-0.2, -0.15) is 0 Å². The van der Waals surface area contributed by atoms with Crippen molar-refractivity contribution in [2.24, 2.45) is 16.6 Å². The summed E-state index contributed by atoms with van der Waals surface area (Å²) < 4.78 is 0. The summed E-state index contributed by atoms with van der Waals surface area (Å²) in [5.41, 5.74) is 9.88. The lowest BCUT2D eigenvalue weighted by atomic mass is 10.4. The zero-order chi connectivity index (χ0) is 7.28. The zero-order valence-electron chi connectivity index (χ0n) is 4.70. The van der Waals surface area contributed by atoms with Crippen LogP contribution in [0.25, 0.3) is 0 Å². The molecule has 5 heteroatoms. The van der Waals surface area contributed by atoms with Crippen LogP contribution in [-0.4, -0.2) is 16.9 Å². The lowest BCUT2D eigenvalue weighted by molar-refractivity contribution is 0.319. The van der Waals surface area contributed by atoms with Crippen molar-refractivity contribution in [2.45, 2.75) is 0 Å². The van der Waals surface area contributed by atoms with E-state index < -0.39 is 0 Å². The normalized spacial score (nSPS) is 12.2. The number of oxime groups is 1. The van der Waals surface area contributed by atoms with Crippen LogP contribution in [0.1, 0.15) is 0 Å². The van der Waals surface area contributed by atoms with Crippen molar-refractivity contribution in [3.63, 3.8) is 0 Å². The standard InChI is InChI=1S/C4H8N4O/c5-3(6)1-2-4(7)8-9/h1-2,9H,(H3,5,6)(H2,7,8)/b2-1-. The molecule has 50 valence electrons. The van der Waals surface area contributed by atoms with E-state index in [2.05, 4.69) is 5.16 Å². The van der Waals surface area contributed by atoms with Gasteiger partial charge in [0.05, 0.1) is 0 Å². The molecule has 0 aromatic carbocycles. The first-order valence-electron chi connectivity index (χ1n) is 2.16. The number of rotatable bonds is 2. The van der Waals surface area contributed by atoms with Gasteiger partial charge >= 0.3 is 0 Å². The van der Waals surface area contributed by atoms with E-state index >= 15 is 0 Å². The quantitative estimate of drug-likeness (QED) is 0.169. The van der Waals surface area contributed by atoms with Gasteiger partial charge in [-0.05, 0) is 12.2 Å². The summed E-state index contributed by atoms with van der Waals surface area (Å²) in [7, 11) is 0. The van der Waals surface area contributed by atoms with Crippen LogP contribution in [0, 0.1) is 5.41 Å². The highest BCUT2D eigenvalue weighted by molar-refractivity contribution is 5.98. The predicted octanol–water partition coefficient (Wildman–Crippen LogP) is -0.775. The van der Waals surface area contributed by atoms with Crippen LogP contribution in [0.2, 0.25) is 0 Å². The third-order valence-electron chi connectivity index (χ3n) is 0.549. The second-order valence-corrected chi connectivity index (χ2v) is 1.31. The SMILES string of the molecule is N=C(N)/C=C\C(N)=NO. The predicted molar refractivity (Wildman–Crippen MR) is 34.5 cm³/mol. The van der Waals surface area contributed by atoms with E-state index in [0.717, 1.165) is 0 Å². The fourth-order valence-electron chi connectivity index (χ4n) is 0.208. The van der Waals surface area contributed by atoms with Crippen LogP contribution >= 0.6 is 0 Å². The van der Waals surface area contributed by atoms with Gasteiger partial charge in [0.2, 0.25) is 0 Å². The van der Waals surface area contributed by atoms with Gasteiger partial charge < -0.3 is 16.7 Å². The second-order valence-electron chi connectivity index (χ2n) is 1.31. The van der Waals surface area contributed by atoms with Gasteiger partial charge in [0.15, 0.2) is 5.84 Å². The highest BCUT2D eigenvalue weighted by Crippen LogP contribution is 1.70. The zero-order valence-corrected chi connectivity index (χ0v) is 4.70. The van der Waals surface area contributed by atoms with Crippen LogP contribution in [0.3, 0.4) is 0 Å². The molecule has 0 aliphatic carbocycles. The molecule has 0 amide bonds. The summed E-state index contributed by atoms with van der Waals surface area (Å²) in [4.78, 5) is 0. The van der Waals surface area contributed by atoms with E-state index in [-0.39, 0.29) is 11.7 Å². The molecule has 0 saturated carbocycles. The van der Waals surface area contributed by atoms with Crippen molar-refractivity contribution in [1.82, 2.24) is 0 Å². The Morgan fingerprint density at radius 3 is 2.33 bits per heavy atom. The highest BCUT2D eigenvalue weighted by Gasteiger charge is 1.81. The topological polar surface area (TPSA) is 108 Å². The summed E-state index contributed by atoms with van der Waals surface area (Å²) in [5, 5.41) is 17.2. The third kappa shape index (κ3) is 4.33. The minimum atomic E-state index is -0.137. The summed E-state index contributed by atoms with van der Waals surface area (Å²) in [6, 6.07) is 0. The van der Waals surface area contributed by atoms with Crippen molar-refractivity contribution in [1.29, 1.82) is 5.41 Å². The average molecular weight is 128 g/mol. The Morgan fingerprint density at radius 2 is 2.00 bits per heavy atom. The Balaban J connectivity index is 3.86. The number of hydrogen-bond donors (Lipinski definition) is 4. The van der Waals surface area contributed by atoms with Crippen molar-refractivity contribution in [3.8, 4) is 0 Å². The summed E-state index contributed by atoms with van der Waals surface area (Å²) in [6.45, 7) is 0. The molecule has 0 saturated heterocycles. The van der Waals surface area contributed by atoms with Crippen LogP contribution in [0.4, 0.5) is 0 Å². The van der Waals surface area contributed by atoms with E-state index in [0.29, 0.717) is 0 Å². The molecule has 0 aliphatic rings. The van der Waals surface area contributed by atoms with Crippen molar-refractivity contribution < 1.29 is 5.21 Å². The Kier molecular flexibility index (Phi) is 2.89. The largest absolute Gasteiger partial charge is 0.409 e. The van der Waals surface area contributed by atoms with Gasteiger partial charge in [-0.3, -0.25) is 5.41 Å².